The molecule has 1 aromatic heterocycles. The van der Waals surface area contributed by atoms with E-state index in [0.717, 1.165) is 61.4 Å². The van der Waals surface area contributed by atoms with E-state index in [2.05, 4.69) is 18.7 Å². The van der Waals surface area contributed by atoms with Crippen LogP contribution in [-0.2, 0) is 21.4 Å². The van der Waals surface area contributed by atoms with Gasteiger partial charge in [-0.15, -0.1) is 0 Å². The van der Waals surface area contributed by atoms with E-state index in [9.17, 15) is 14.7 Å². The van der Waals surface area contributed by atoms with Gasteiger partial charge in [-0.1, -0.05) is 13.8 Å². The molecule has 2 aromatic rings. The van der Waals surface area contributed by atoms with Crippen molar-refractivity contribution in [3.63, 3.8) is 0 Å². The normalized spacial score (nSPS) is 29.9. The maximum absolute atomic E-state index is 13.8. The molecule has 1 aromatic carbocycles. The minimum Gasteiger partial charge on any atom is -0.504 e. The first-order chi connectivity index (χ1) is 19.8. The smallest absolute Gasteiger partial charge is 0.308 e. The fourth-order valence-electron chi connectivity index (χ4n) is 8.49. The number of esters is 1. The van der Waals surface area contributed by atoms with Gasteiger partial charge in [0.05, 0.1) is 18.6 Å². The van der Waals surface area contributed by atoms with E-state index in [-0.39, 0.29) is 35.1 Å². The van der Waals surface area contributed by atoms with Crippen molar-refractivity contribution in [1.29, 1.82) is 0 Å². The summed E-state index contributed by atoms with van der Waals surface area (Å²) in [5.41, 5.74) is 2.54. The van der Waals surface area contributed by atoms with Crippen molar-refractivity contribution < 1.29 is 28.6 Å². The molecule has 0 radical (unpaired) electrons. The van der Waals surface area contributed by atoms with Crippen LogP contribution >= 0.6 is 0 Å². The third-order valence-electron chi connectivity index (χ3n) is 10.1. The number of carbonyl (C=O) groups is 2. The zero-order valence-electron chi connectivity index (χ0n) is 24.2. The van der Waals surface area contributed by atoms with Gasteiger partial charge in [-0.05, 0) is 75.0 Å². The summed E-state index contributed by atoms with van der Waals surface area (Å²) in [6.45, 7) is 8.38. The summed E-state index contributed by atoms with van der Waals surface area (Å²) in [6, 6.07) is 3.58. The quantitative estimate of drug-likeness (QED) is 0.278. The fraction of sp³-hybridized carbons (Fsp3) is 0.576. The molecular formula is C33H40N2O6. The Bertz CT molecular complexity index is 1380. The molecule has 41 heavy (non-hydrogen) atoms. The van der Waals surface area contributed by atoms with E-state index in [1.165, 1.54) is 19.8 Å². The summed E-state index contributed by atoms with van der Waals surface area (Å²) in [5, 5.41) is 11.2. The number of phenolic OH excluding ortho intramolecular Hbond substituents is 1. The Morgan fingerprint density at radius 3 is 2.80 bits per heavy atom. The second kappa shape index (κ2) is 9.93. The first-order valence-corrected chi connectivity index (χ1v) is 15.3. The number of aromatic hydroxyl groups is 1. The largest absolute Gasteiger partial charge is 0.504 e. The molecule has 1 spiro atoms. The van der Waals surface area contributed by atoms with Crippen LogP contribution < -0.4 is 9.47 Å². The third kappa shape index (κ3) is 4.37. The van der Waals surface area contributed by atoms with E-state index in [4.69, 9.17) is 13.9 Å². The molecule has 5 aliphatic rings. The second-order valence-electron chi connectivity index (χ2n) is 13.2. The number of phenols is 1. The zero-order chi connectivity index (χ0) is 28.5. The predicted octanol–water partition coefficient (Wildman–Crippen LogP) is 4.93. The molecule has 218 valence electrons. The van der Waals surface area contributed by atoms with Crippen LogP contribution in [0.3, 0.4) is 0 Å². The summed E-state index contributed by atoms with van der Waals surface area (Å²) in [4.78, 5) is 30.6. The van der Waals surface area contributed by atoms with E-state index in [0.29, 0.717) is 30.0 Å². The number of hydrogen-bond acceptors (Lipinski definition) is 7. The standard InChI is InChI=1S/C33H40N2O6/c1-19(2)16-35(29(38)9-6-22-10-13-39-18-22)25-8-7-24-26-14-23-28(40-20(3)36)15-27(37)31-30(23)33(24,32(25)41-31)11-12-34(26)17-21-4-5-21/h6,9-10,13,15,18-19,21,24-26,32,37H,4-5,7-8,11-12,14,16-17H2,1-3H3/t24-,25+,26+,32+,33-/m0/s1. The average Bonchev–Trinajstić information content (AvgIpc) is 3.45. The highest BCUT2D eigenvalue weighted by Gasteiger charge is 2.67. The minimum absolute atomic E-state index is 0.0155. The molecule has 2 saturated carbocycles. The fourth-order valence-corrected chi connectivity index (χ4v) is 8.49. The maximum atomic E-state index is 13.8. The van der Waals surface area contributed by atoms with Crippen LogP contribution in [0.15, 0.2) is 35.2 Å². The van der Waals surface area contributed by atoms with Gasteiger partial charge in [-0.3, -0.25) is 14.5 Å². The molecule has 8 heteroatoms. The van der Waals surface area contributed by atoms with Crippen molar-refractivity contribution in [2.45, 2.75) is 82.9 Å². The number of nitrogens with zero attached hydrogens (tertiary/aromatic N) is 2. The number of likely N-dealkylation sites (tertiary alicyclic amines) is 1. The van der Waals surface area contributed by atoms with Crippen LogP contribution in [0, 0.1) is 17.8 Å². The first kappa shape index (κ1) is 26.6. The predicted molar refractivity (Wildman–Crippen MR) is 153 cm³/mol. The van der Waals surface area contributed by atoms with Crippen LogP contribution in [0.25, 0.3) is 6.08 Å². The molecule has 7 rings (SSSR count). The molecule has 1 N–H and O–H groups in total. The number of furan rings is 1. The van der Waals surface area contributed by atoms with Crippen molar-refractivity contribution in [2.75, 3.05) is 19.6 Å². The van der Waals surface area contributed by atoms with Gasteiger partial charge in [0, 0.05) is 60.3 Å². The lowest BCUT2D eigenvalue weighted by Crippen LogP contribution is -2.69. The highest BCUT2D eigenvalue weighted by atomic mass is 16.5. The van der Waals surface area contributed by atoms with Gasteiger partial charge in [-0.2, -0.15) is 0 Å². The molecule has 1 saturated heterocycles. The minimum atomic E-state index is -0.393. The molecular weight excluding hydrogens is 520 g/mol. The number of rotatable bonds is 8. The van der Waals surface area contributed by atoms with Crippen molar-refractivity contribution in [2.24, 2.45) is 17.8 Å². The Morgan fingerprint density at radius 1 is 1.27 bits per heavy atom. The Morgan fingerprint density at radius 2 is 2.10 bits per heavy atom. The maximum Gasteiger partial charge on any atom is 0.308 e. The number of hydrogen-bond donors (Lipinski definition) is 1. The number of amides is 1. The summed E-state index contributed by atoms with van der Waals surface area (Å²) in [7, 11) is 0. The van der Waals surface area contributed by atoms with Gasteiger partial charge in [-0.25, -0.2) is 0 Å². The molecule has 0 unspecified atom stereocenters. The van der Waals surface area contributed by atoms with Gasteiger partial charge in [0.1, 0.15) is 11.9 Å². The molecule has 2 bridgehead atoms. The molecule has 3 fully saturated rings. The summed E-state index contributed by atoms with van der Waals surface area (Å²) >= 11 is 0. The molecule has 8 nitrogen and oxygen atoms in total. The number of ether oxygens (including phenoxy) is 2. The average molecular weight is 561 g/mol. The summed E-state index contributed by atoms with van der Waals surface area (Å²) in [5.74, 6) is 1.97. The number of piperidine rings is 1. The van der Waals surface area contributed by atoms with Crippen LogP contribution in [0.2, 0.25) is 0 Å². The molecule has 3 aliphatic carbocycles. The van der Waals surface area contributed by atoms with E-state index in [1.807, 2.05) is 11.0 Å². The Labute approximate surface area is 241 Å². The highest BCUT2D eigenvalue weighted by Crippen LogP contribution is 2.66. The van der Waals surface area contributed by atoms with Gasteiger partial charge in [0.15, 0.2) is 11.5 Å². The van der Waals surface area contributed by atoms with E-state index in [1.54, 1.807) is 30.7 Å². The van der Waals surface area contributed by atoms with Crippen LogP contribution in [-0.4, -0.2) is 64.6 Å². The van der Waals surface area contributed by atoms with Crippen LogP contribution in [0.4, 0.5) is 0 Å². The monoisotopic (exact) mass is 560 g/mol. The van der Waals surface area contributed by atoms with E-state index >= 15 is 0 Å². The third-order valence-corrected chi connectivity index (χ3v) is 10.1. The topological polar surface area (TPSA) is 92.5 Å². The highest BCUT2D eigenvalue weighted by molar-refractivity contribution is 5.92. The number of benzene rings is 1. The molecule has 2 aliphatic heterocycles. The van der Waals surface area contributed by atoms with Crippen molar-refractivity contribution in [1.82, 2.24) is 9.80 Å². The van der Waals surface area contributed by atoms with Gasteiger partial charge in [0.25, 0.3) is 0 Å². The van der Waals surface area contributed by atoms with Gasteiger partial charge < -0.3 is 23.9 Å². The van der Waals surface area contributed by atoms with Crippen LogP contribution in [0.5, 0.6) is 17.2 Å². The Hall–Kier alpha value is -3.26. The summed E-state index contributed by atoms with van der Waals surface area (Å²) < 4.78 is 17.7. The zero-order valence-corrected chi connectivity index (χ0v) is 24.2. The van der Waals surface area contributed by atoms with E-state index < -0.39 is 5.97 Å². The van der Waals surface area contributed by atoms with Crippen LogP contribution in [0.1, 0.15) is 69.6 Å². The second-order valence-corrected chi connectivity index (χ2v) is 13.2. The first-order valence-electron chi connectivity index (χ1n) is 15.3. The Balaban J connectivity index is 1.31. The van der Waals surface area contributed by atoms with Gasteiger partial charge >= 0.3 is 5.97 Å². The summed E-state index contributed by atoms with van der Waals surface area (Å²) in [6.07, 6.45) is 12.5. The lowest BCUT2D eigenvalue weighted by Gasteiger charge is -2.60. The number of carbonyl (C=O) groups excluding carboxylic acids is 2. The van der Waals surface area contributed by atoms with Crippen molar-refractivity contribution >= 4 is 18.0 Å². The molecule has 5 atom stereocenters. The SMILES string of the molecule is CC(=O)Oc1cc(O)c2c3c1C[C@@H]1[C@@H]4CC[C@@H](N(CC(C)C)C(=O)C=Cc5ccoc5)[C@@H](O2)[C@]34CCN1CC1CC1. The van der Waals surface area contributed by atoms with Gasteiger partial charge in [0.2, 0.25) is 5.91 Å². The Kier molecular flexibility index (Phi) is 6.45. The van der Waals surface area contributed by atoms with Crippen molar-refractivity contribution in [3.05, 3.63) is 47.4 Å². The van der Waals surface area contributed by atoms with Crippen molar-refractivity contribution in [3.8, 4) is 17.2 Å². The molecule has 1 amide bonds. The lowest BCUT2D eigenvalue weighted by atomic mass is 9.50. The lowest BCUT2D eigenvalue weighted by molar-refractivity contribution is -0.139. The molecule has 3 heterocycles.